The standard InChI is InChI=1S/C22H40/c1-5-6-7-8-9-10-11-12-13-14-15-16-17-18-19-20-21-22(2,3)4/h9-14H,5-8,15-21H2,1-4H3/b10-9+,12-11+,14-13+. The number of allylic oxidation sites excluding steroid dienone is 6. The van der Waals surface area contributed by atoms with E-state index in [2.05, 4.69) is 64.2 Å². The summed E-state index contributed by atoms with van der Waals surface area (Å²) in [7, 11) is 0. The van der Waals surface area contributed by atoms with Crippen LogP contribution in [0.25, 0.3) is 0 Å². The third kappa shape index (κ3) is 19.2. The summed E-state index contributed by atoms with van der Waals surface area (Å²) in [6, 6.07) is 0. The van der Waals surface area contributed by atoms with Gasteiger partial charge in [0.15, 0.2) is 0 Å². The lowest BCUT2D eigenvalue weighted by atomic mass is 9.89. The summed E-state index contributed by atoms with van der Waals surface area (Å²) in [4.78, 5) is 0. The Balaban J connectivity index is 3.33. The molecule has 0 rings (SSSR count). The van der Waals surface area contributed by atoms with Crippen LogP contribution in [0.15, 0.2) is 36.5 Å². The summed E-state index contributed by atoms with van der Waals surface area (Å²) >= 11 is 0. The molecule has 0 heteroatoms. The first-order valence-electron chi connectivity index (χ1n) is 9.54. The van der Waals surface area contributed by atoms with Gasteiger partial charge in [-0.05, 0) is 37.5 Å². The van der Waals surface area contributed by atoms with Gasteiger partial charge in [0.1, 0.15) is 0 Å². The minimum Gasteiger partial charge on any atom is -0.0845 e. The van der Waals surface area contributed by atoms with Gasteiger partial charge in [-0.15, -0.1) is 0 Å². The zero-order chi connectivity index (χ0) is 16.5. The maximum absolute atomic E-state index is 2.34. The molecule has 0 aliphatic carbocycles. The summed E-state index contributed by atoms with van der Waals surface area (Å²) in [6.45, 7) is 9.27. The van der Waals surface area contributed by atoms with Crippen molar-refractivity contribution < 1.29 is 0 Å². The Morgan fingerprint density at radius 3 is 1.64 bits per heavy atom. The van der Waals surface area contributed by atoms with Crippen LogP contribution < -0.4 is 0 Å². The van der Waals surface area contributed by atoms with E-state index in [1.54, 1.807) is 0 Å². The van der Waals surface area contributed by atoms with Gasteiger partial charge in [0.05, 0.1) is 0 Å². The van der Waals surface area contributed by atoms with Crippen LogP contribution in [0.5, 0.6) is 0 Å². The summed E-state index contributed by atoms with van der Waals surface area (Å²) in [5.74, 6) is 0. The van der Waals surface area contributed by atoms with Crippen LogP contribution in [-0.4, -0.2) is 0 Å². The molecule has 0 aromatic heterocycles. The monoisotopic (exact) mass is 304 g/mol. The second-order valence-electron chi connectivity index (χ2n) is 7.60. The van der Waals surface area contributed by atoms with E-state index < -0.39 is 0 Å². The highest BCUT2D eigenvalue weighted by Gasteiger charge is 2.08. The first kappa shape index (κ1) is 21.2. The van der Waals surface area contributed by atoms with Gasteiger partial charge < -0.3 is 0 Å². The van der Waals surface area contributed by atoms with E-state index in [0.29, 0.717) is 5.41 Å². The minimum atomic E-state index is 0.513. The van der Waals surface area contributed by atoms with Gasteiger partial charge in [-0.1, -0.05) is 103 Å². The molecular weight excluding hydrogens is 264 g/mol. The quantitative estimate of drug-likeness (QED) is 0.239. The Morgan fingerprint density at radius 1 is 0.591 bits per heavy atom. The third-order valence-electron chi connectivity index (χ3n) is 3.88. The molecular formula is C22H40. The van der Waals surface area contributed by atoms with E-state index in [1.165, 1.54) is 70.6 Å². The molecule has 0 atom stereocenters. The van der Waals surface area contributed by atoms with Crippen molar-refractivity contribution in [2.75, 3.05) is 0 Å². The molecule has 0 aliphatic rings. The third-order valence-corrected chi connectivity index (χ3v) is 3.88. The lowest BCUT2D eigenvalue weighted by Gasteiger charge is -2.17. The van der Waals surface area contributed by atoms with Gasteiger partial charge in [-0.3, -0.25) is 0 Å². The van der Waals surface area contributed by atoms with Gasteiger partial charge in [0.25, 0.3) is 0 Å². The summed E-state index contributed by atoms with van der Waals surface area (Å²) < 4.78 is 0. The van der Waals surface area contributed by atoms with Crippen molar-refractivity contribution in [2.45, 2.75) is 98.3 Å². The van der Waals surface area contributed by atoms with Crippen LogP contribution in [0.4, 0.5) is 0 Å². The second kappa shape index (κ2) is 15.1. The highest BCUT2D eigenvalue weighted by molar-refractivity contribution is 5.10. The number of hydrogen-bond acceptors (Lipinski definition) is 0. The van der Waals surface area contributed by atoms with Crippen LogP contribution in [0.1, 0.15) is 98.3 Å². The van der Waals surface area contributed by atoms with Crippen LogP contribution >= 0.6 is 0 Å². The zero-order valence-electron chi connectivity index (χ0n) is 15.7. The molecule has 0 saturated heterocycles. The fourth-order valence-electron chi connectivity index (χ4n) is 2.44. The van der Waals surface area contributed by atoms with E-state index in [4.69, 9.17) is 0 Å². The highest BCUT2D eigenvalue weighted by Crippen LogP contribution is 2.22. The molecule has 0 nitrogen and oxygen atoms in total. The molecule has 0 unspecified atom stereocenters. The van der Waals surface area contributed by atoms with Crippen molar-refractivity contribution in [2.24, 2.45) is 5.41 Å². The molecule has 0 amide bonds. The second-order valence-corrected chi connectivity index (χ2v) is 7.60. The SMILES string of the molecule is CCCCC/C=C/C=C/C=C/CCCCCCCC(C)(C)C. The predicted octanol–water partition coefficient (Wildman–Crippen LogP) is 8.01. The van der Waals surface area contributed by atoms with E-state index >= 15 is 0 Å². The van der Waals surface area contributed by atoms with Gasteiger partial charge in [-0.25, -0.2) is 0 Å². The Kier molecular flexibility index (Phi) is 14.6. The maximum atomic E-state index is 2.34. The van der Waals surface area contributed by atoms with Crippen molar-refractivity contribution in [1.82, 2.24) is 0 Å². The van der Waals surface area contributed by atoms with Crippen LogP contribution in [-0.2, 0) is 0 Å². The Bertz CT molecular complexity index is 298. The van der Waals surface area contributed by atoms with Gasteiger partial charge in [0, 0.05) is 0 Å². The molecule has 0 aromatic rings. The molecule has 0 bridgehead atoms. The molecule has 0 aromatic carbocycles. The number of rotatable bonds is 13. The fraction of sp³-hybridized carbons (Fsp3) is 0.727. The smallest absolute Gasteiger partial charge is 0.0348 e. The molecule has 22 heavy (non-hydrogen) atoms. The van der Waals surface area contributed by atoms with Crippen molar-refractivity contribution in [3.63, 3.8) is 0 Å². The Labute approximate surface area is 140 Å². The number of unbranched alkanes of at least 4 members (excludes halogenated alkanes) is 8. The first-order chi connectivity index (χ1) is 10.6. The van der Waals surface area contributed by atoms with E-state index in [-0.39, 0.29) is 0 Å². The molecule has 0 heterocycles. The topological polar surface area (TPSA) is 0 Å². The van der Waals surface area contributed by atoms with Crippen molar-refractivity contribution in [3.05, 3.63) is 36.5 Å². The van der Waals surface area contributed by atoms with Gasteiger partial charge >= 0.3 is 0 Å². The van der Waals surface area contributed by atoms with Crippen molar-refractivity contribution in [1.29, 1.82) is 0 Å². The van der Waals surface area contributed by atoms with E-state index in [9.17, 15) is 0 Å². The minimum absolute atomic E-state index is 0.513. The average Bonchev–Trinajstić information content (AvgIpc) is 2.45. The normalized spacial score (nSPS) is 13.1. The Morgan fingerprint density at radius 2 is 1.09 bits per heavy atom. The fourth-order valence-corrected chi connectivity index (χ4v) is 2.44. The first-order valence-corrected chi connectivity index (χ1v) is 9.54. The molecule has 128 valence electrons. The van der Waals surface area contributed by atoms with Crippen molar-refractivity contribution >= 4 is 0 Å². The van der Waals surface area contributed by atoms with Gasteiger partial charge in [0.2, 0.25) is 0 Å². The number of hydrogen-bond donors (Lipinski definition) is 0. The molecule has 0 saturated carbocycles. The molecule has 0 fully saturated rings. The van der Waals surface area contributed by atoms with Gasteiger partial charge in [-0.2, -0.15) is 0 Å². The average molecular weight is 305 g/mol. The molecule has 0 aliphatic heterocycles. The molecule has 0 spiro atoms. The summed E-state index contributed by atoms with van der Waals surface area (Å²) in [5, 5.41) is 0. The Hall–Kier alpha value is -0.780. The predicted molar refractivity (Wildman–Crippen MR) is 103 cm³/mol. The zero-order valence-corrected chi connectivity index (χ0v) is 15.7. The molecule has 0 N–H and O–H groups in total. The summed E-state index contributed by atoms with van der Waals surface area (Å²) in [6.07, 6.45) is 28.0. The van der Waals surface area contributed by atoms with Crippen LogP contribution in [0, 0.1) is 5.41 Å². The summed E-state index contributed by atoms with van der Waals surface area (Å²) in [5.41, 5.74) is 0.513. The molecule has 0 radical (unpaired) electrons. The lowest BCUT2D eigenvalue weighted by molar-refractivity contribution is 0.356. The van der Waals surface area contributed by atoms with E-state index in [1.807, 2.05) is 0 Å². The van der Waals surface area contributed by atoms with Crippen molar-refractivity contribution in [3.8, 4) is 0 Å². The lowest BCUT2D eigenvalue weighted by Crippen LogP contribution is -2.03. The van der Waals surface area contributed by atoms with Crippen LogP contribution in [0.2, 0.25) is 0 Å². The largest absolute Gasteiger partial charge is 0.0845 e. The van der Waals surface area contributed by atoms with E-state index in [0.717, 1.165) is 0 Å². The van der Waals surface area contributed by atoms with Crippen LogP contribution in [0.3, 0.4) is 0 Å². The maximum Gasteiger partial charge on any atom is -0.0348 e. The highest BCUT2D eigenvalue weighted by atomic mass is 14.1.